The maximum absolute atomic E-state index is 3.92. The molecular weight excluding hydrogens is 428 g/mol. The van der Waals surface area contributed by atoms with Crippen molar-refractivity contribution in [2.75, 3.05) is 13.1 Å². The van der Waals surface area contributed by atoms with Crippen LogP contribution in [0.1, 0.15) is 41.9 Å². The molecule has 4 heteroatoms. The van der Waals surface area contributed by atoms with Crippen molar-refractivity contribution < 1.29 is 0 Å². The second-order valence-electron chi connectivity index (χ2n) is 7.33. The maximum Gasteiger partial charge on any atom is 0.0543 e. The van der Waals surface area contributed by atoms with Crippen molar-refractivity contribution in [1.82, 2.24) is 10.6 Å². The topological polar surface area (TPSA) is 24.1 Å². The smallest absolute Gasteiger partial charge is 0.0543 e. The quantitative estimate of drug-likeness (QED) is 0.632. The molecule has 0 saturated carbocycles. The molecule has 2 aliphatic heterocycles. The maximum atomic E-state index is 3.92. The van der Waals surface area contributed by atoms with Gasteiger partial charge < -0.3 is 10.6 Å². The summed E-state index contributed by atoms with van der Waals surface area (Å²) >= 11 is 7.57. The van der Waals surface area contributed by atoms with E-state index >= 15 is 0 Å². The minimum absolute atomic E-state index is 0.426. The fourth-order valence-corrected chi connectivity index (χ4v) is 6.02. The lowest BCUT2D eigenvalue weighted by Crippen LogP contribution is -2.41. The summed E-state index contributed by atoms with van der Waals surface area (Å²) < 4.78 is 2.47. The van der Waals surface area contributed by atoms with E-state index in [1.807, 2.05) is 0 Å². The molecule has 0 spiro atoms. The molecule has 0 radical (unpaired) electrons. The van der Waals surface area contributed by atoms with Crippen LogP contribution in [0.25, 0.3) is 0 Å². The van der Waals surface area contributed by atoms with Gasteiger partial charge in [-0.2, -0.15) is 0 Å². The van der Waals surface area contributed by atoms with E-state index in [2.05, 4.69) is 73.8 Å². The summed E-state index contributed by atoms with van der Waals surface area (Å²) in [5, 5.41) is 7.25. The number of hydrogen-bond acceptors (Lipinski definition) is 2. The van der Waals surface area contributed by atoms with E-state index in [0.717, 1.165) is 31.8 Å². The van der Waals surface area contributed by atoms with Crippen molar-refractivity contribution in [2.24, 2.45) is 5.92 Å². The number of benzene rings is 1. The van der Waals surface area contributed by atoms with Crippen LogP contribution in [-0.4, -0.2) is 19.1 Å². The highest BCUT2D eigenvalue weighted by atomic mass is 79.9. The highest BCUT2D eigenvalue weighted by Gasteiger charge is 2.38. The molecule has 3 aliphatic rings. The first-order valence-corrected chi connectivity index (χ1v) is 10.5. The lowest BCUT2D eigenvalue weighted by atomic mass is 9.73. The summed E-state index contributed by atoms with van der Waals surface area (Å²) in [6, 6.07) is 5.14. The zero-order valence-corrected chi connectivity index (χ0v) is 17.2. The van der Waals surface area contributed by atoms with Crippen LogP contribution in [0.5, 0.6) is 0 Å². The third-order valence-electron chi connectivity index (χ3n) is 5.75. The van der Waals surface area contributed by atoms with E-state index in [1.54, 1.807) is 16.7 Å². The Hall–Kier alpha value is -0.580. The molecule has 2 unspecified atom stereocenters. The number of piperidine rings is 1. The number of halogens is 2. The third kappa shape index (κ3) is 3.13. The molecule has 1 aromatic carbocycles. The van der Waals surface area contributed by atoms with Crippen molar-refractivity contribution in [2.45, 2.75) is 44.6 Å². The van der Waals surface area contributed by atoms with Crippen LogP contribution in [0.15, 0.2) is 38.9 Å². The van der Waals surface area contributed by atoms with Crippen LogP contribution in [0.2, 0.25) is 0 Å². The third-order valence-corrected chi connectivity index (χ3v) is 6.86. The SMILES string of the molecule is Cc1cc(Br)c2c(c1)CCC1=CC(Br)=CNC1C2C1CCNCC1. The number of hydrogen-bond donors (Lipinski definition) is 2. The van der Waals surface area contributed by atoms with Gasteiger partial charge in [0.15, 0.2) is 0 Å². The van der Waals surface area contributed by atoms with Crippen molar-refractivity contribution in [3.8, 4) is 0 Å². The monoisotopic (exact) mass is 450 g/mol. The van der Waals surface area contributed by atoms with Gasteiger partial charge in [-0.3, -0.25) is 0 Å². The Morgan fingerprint density at radius 1 is 1.08 bits per heavy atom. The molecule has 1 aliphatic carbocycles. The van der Waals surface area contributed by atoms with Crippen molar-refractivity contribution in [3.05, 3.63) is 55.6 Å². The van der Waals surface area contributed by atoms with E-state index in [0.29, 0.717) is 12.0 Å². The number of allylic oxidation sites excluding steroid dienone is 2. The lowest BCUT2D eigenvalue weighted by Gasteiger charge is -2.39. The van der Waals surface area contributed by atoms with E-state index < -0.39 is 0 Å². The summed E-state index contributed by atoms with van der Waals surface area (Å²) in [5.41, 5.74) is 6.00. The first kappa shape index (κ1) is 16.9. The summed E-state index contributed by atoms with van der Waals surface area (Å²) in [6.45, 7) is 4.49. The minimum Gasteiger partial charge on any atom is -0.383 e. The van der Waals surface area contributed by atoms with Crippen molar-refractivity contribution >= 4 is 31.9 Å². The average molecular weight is 452 g/mol. The predicted octanol–water partition coefficient (Wildman–Crippen LogP) is 4.92. The molecule has 2 atom stereocenters. The molecule has 2 nitrogen and oxygen atoms in total. The van der Waals surface area contributed by atoms with Gasteiger partial charge in [0.1, 0.15) is 0 Å². The lowest BCUT2D eigenvalue weighted by molar-refractivity contribution is 0.287. The second kappa shape index (κ2) is 6.97. The minimum atomic E-state index is 0.426. The Bertz CT molecular complexity index is 702. The Labute approximate surface area is 161 Å². The summed E-state index contributed by atoms with van der Waals surface area (Å²) in [4.78, 5) is 0. The van der Waals surface area contributed by atoms with Crippen LogP contribution in [0, 0.1) is 12.8 Å². The van der Waals surface area contributed by atoms with E-state index in [9.17, 15) is 0 Å². The molecule has 0 amide bonds. The standard InChI is InChI=1S/C20H24Br2N2/c1-12-8-14-2-3-15-10-16(21)11-24-20(15)19(18(14)17(22)9-12)13-4-6-23-7-5-13/h8-11,13,19-20,23-24H,2-7H2,1H3. The van der Waals surface area contributed by atoms with Gasteiger partial charge in [0.05, 0.1) is 6.04 Å². The Balaban J connectivity index is 1.83. The molecule has 1 fully saturated rings. The van der Waals surface area contributed by atoms with Gasteiger partial charge in [0.2, 0.25) is 0 Å². The number of nitrogens with one attached hydrogen (secondary N) is 2. The fraction of sp³-hybridized carbons (Fsp3) is 0.500. The van der Waals surface area contributed by atoms with Gasteiger partial charge >= 0.3 is 0 Å². The van der Waals surface area contributed by atoms with Gasteiger partial charge in [0, 0.05) is 21.1 Å². The summed E-state index contributed by atoms with van der Waals surface area (Å²) in [5.74, 6) is 1.27. The first-order valence-electron chi connectivity index (χ1n) is 8.95. The van der Waals surface area contributed by atoms with Gasteiger partial charge in [-0.25, -0.2) is 0 Å². The van der Waals surface area contributed by atoms with Crippen molar-refractivity contribution in [3.63, 3.8) is 0 Å². The Kier molecular flexibility index (Phi) is 4.90. The Morgan fingerprint density at radius 2 is 1.88 bits per heavy atom. The number of aryl methyl sites for hydroxylation is 2. The van der Waals surface area contributed by atoms with Crippen LogP contribution in [-0.2, 0) is 6.42 Å². The van der Waals surface area contributed by atoms with Gasteiger partial charge in [-0.15, -0.1) is 0 Å². The zero-order valence-electron chi connectivity index (χ0n) is 14.0. The highest BCUT2D eigenvalue weighted by Crippen LogP contribution is 2.46. The van der Waals surface area contributed by atoms with E-state index in [-0.39, 0.29) is 0 Å². The molecule has 4 rings (SSSR count). The molecule has 2 heterocycles. The number of fused-ring (bicyclic) bond motifs is 2. The average Bonchev–Trinajstić information content (AvgIpc) is 2.72. The Morgan fingerprint density at radius 3 is 2.67 bits per heavy atom. The molecule has 128 valence electrons. The first-order chi connectivity index (χ1) is 11.6. The van der Waals surface area contributed by atoms with Crippen LogP contribution in [0.3, 0.4) is 0 Å². The molecular formula is C20H24Br2N2. The zero-order chi connectivity index (χ0) is 16.7. The molecule has 24 heavy (non-hydrogen) atoms. The van der Waals surface area contributed by atoms with Crippen LogP contribution in [0.4, 0.5) is 0 Å². The largest absolute Gasteiger partial charge is 0.383 e. The summed E-state index contributed by atoms with van der Waals surface area (Å²) in [6.07, 6.45) is 9.30. The number of rotatable bonds is 1. The molecule has 0 bridgehead atoms. The van der Waals surface area contributed by atoms with Crippen LogP contribution < -0.4 is 10.6 Å². The molecule has 1 saturated heterocycles. The predicted molar refractivity (Wildman–Crippen MR) is 108 cm³/mol. The normalized spacial score (nSPS) is 27.3. The van der Waals surface area contributed by atoms with Gasteiger partial charge in [-0.1, -0.05) is 22.0 Å². The summed E-state index contributed by atoms with van der Waals surface area (Å²) in [7, 11) is 0. The van der Waals surface area contributed by atoms with Gasteiger partial charge in [0.25, 0.3) is 0 Å². The van der Waals surface area contributed by atoms with E-state index in [4.69, 9.17) is 0 Å². The second-order valence-corrected chi connectivity index (χ2v) is 9.10. The molecule has 2 N–H and O–H groups in total. The van der Waals surface area contributed by atoms with E-state index in [1.165, 1.54) is 27.4 Å². The fourth-order valence-electron chi connectivity index (χ4n) is 4.71. The molecule has 0 aromatic heterocycles. The van der Waals surface area contributed by atoms with Crippen molar-refractivity contribution in [1.29, 1.82) is 0 Å². The molecule has 1 aromatic rings. The number of dihydropyridines is 1. The van der Waals surface area contributed by atoms with Gasteiger partial charge in [-0.05, 0) is 102 Å². The van der Waals surface area contributed by atoms with Crippen LogP contribution >= 0.6 is 31.9 Å². The highest BCUT2D eigenvalue weighted by molar-refractivity contribution is 9.12.